The normalized spacial score (nSPS) is 11.6. The molecule has 0 atom stereocenters. The van der Waals surface area contributed by atoms with Crippen LogP contribution < -0.4 is 5.73 Å². The van der Waals surface area contributed by atoms with Gasteiger partial charge in [0.1, 0.15) is 11.6 Å². The van der Waals surface area contributed by atoms with Crippen LogP contribution in [0.5, 0.6) is 0 Å². The van der Waals surface area contributed by atoms with Gasteiger partial charge in [-0.05, 0) is 12.1 Å². The average Bonchev–Trinajstić information content (AvgIpc) is 2.94. The van der Waals surface area contributed by atoms with Crippen LogP contribution in [0.4, 0.5) is 5.82 Å². The number of anilines is 1. The molecule has 0 saturated carbocycles. The first-order valence-corrected chi connectivity index (χ1v) is 6.34. The third-order valence-corrected chi connectivity index (χ3v) is 3.34. The highest BCUT2D eigenvalue weighted by Gasteiger charge is 2.12. The fraction of sp³-hybridized carbons (Fsp3) is 0.286. The SMILES string of the molecule is CC(C)c1nc2cc(-c3cc(N)n[nH]3)ccc2n1C. The van der Waals surface area contributed by atoms with Gasteiger partial charge >= 0.3 is 0 Å². The fourth-order valence-corrected chi connectivity index (χ4v) is 2.39. The predicted molar refractivity (Wildman–Crippen MR) is 76.8 cm³/mol. The van der Waals surface area contributed by atoms with Gasteiger partial charge in [-0.2, -0.15) is 5.10 Å². The van der Waals surface area contributed by atoms with Crippen molar-refractivity contribution in [3.8, 4) is 11.3 Å². The van der Waals surface area contributed by atoms with Crippen LogP contribution in [-0.4, -0.2) is 19.7 Å². The Balaban J connectivity index is 2.16. The Kier molecular flexibility index (Phi) is 2.55. The minimum absolute atomic E-state index is 0.406. The summed E-state index contributed by atoms with van der Waals surface area (Å²) in [6.07, 6.45) is 0. The largest absolute Gasteiger partial charge is 0.382 e. The summed E-state index contributed by atoms with van der Waals surface area (Å²) in [5, 5.41) is 6.87. The first kappa shape index (κ1) is 11.8. The number of aryl methyl sites for hydroxylation is 1. The smallest absolute Gasteiger partial charge is 0.145 e. The Bertz CT molecular complexity index is 735. The lowest BCUT2D eigenvalue weighted by Crippen LogP contribution is -1.99. The Morgan fingerprint density at radius 3 is 2.68 bits per heavy atom. The summed E-state index contributed by atoms with van der Waals surface area (Å²) in [6.45, 7) is 4.30. The molecule has 3 rings (SSSR count). The maximum absolute atomic E-state index is 5.63. The van der Waals surface area contributed by atoms with Gasteiger partial charge in [0.2, 0.25) is 0 Å². The van der Waals surface area contributed by atoms with Crippen LogP contribution in [0, 0.1) is 0 Å². The Morgan fingerprint density at radius 1 is 1.26 bits per heavy atom. The van der Waals surface area contributed by atoms with Crippen molar-refractivity contribution >= 4 is 16.9 Å². The van der Waals surface area contributed by atoms with E-state index in [1.807, 2.05) is 6.07 Å². The monoisotopic (exact) mass is 255 g/mol. The molecule has 5 nitrogen and oxygen atoms in total. The second kappa shape index (κ2) is 4.12. The van der Waals surface area contributed by atoms with Crippen molar-refractivity contribution in [3.63, 3.8) is 0 Å². The molecule has 0 unspecified atom stereocenters. The minimum Gasteiger partial charge on any atom is -0.382 e. The van der Waals surface area contributed by atoms with E-state index in [-0.39, 0.29) is 0 Å². The molecule has 1 aromatic carbocycles. The van der Waals surface area contributed by atoms with Crippen molar-refractivity contribution in [1.29, 1.82) is 0 Å². The molecule has 0 fully saturated rings. The lowest BCUT2D eigenvalue weighted by atomic mass is 10.1. The summed E-state index contributed by atoms with van der Waals surface area (Å²) in [7, 11) is 2.05. The number of imidazole rings is 1. The molecule has 0 aliphatic carbocycles. The number of H-pyrrole nitrogens is 1. The molecular weight excluding hydrogens is 238 g/mol. The number of nitrogens with two attached hydrogens (primary N) is 1. The highest BCUT2D eigenvalue weighted by molar-refractivity contribution is 5.82. The molecule has 0 radical (unpaired) electrons. The van der Waals surface area contributed by atoms with E-state index in [1.165, 1.54) is 0 Å². The summed E-state index contributed by atoms with van der Waals surface area (Å²) < 4.78 is 2.14. The van der Waals surface area contributed by atoms with Gasteiger partial charge < -0.3 is 10.3 Å². The summed E-state index contributed by atoms with van der Waals surface area (Å²) >= 11 is 0. The number of aromatic amines is 1. The van der Waals surface area contributed by atoms with Crippen molar-refractivity contribution in [3.05, 3.63) is 30.1 Å². The van der Waals surface area contributed by atoms with Crippen molar-refractivity contribution in [2.75, 3.05) is 5.73 Å². The van der Waals surface area contributed by atoms with Crippen LogP contribution in [0.25, 0.3) is 22.3 Å². The molecule has 2 heterocycles. The molecule has 5 heteroatoms. The number of nitrogens with zero attached hydrogens (tertiary/aromatic N) is 3. The first-order valence-electron chi connectivity index (χ1n) is 6.34. The Labute approximate surface area is 111 Å². The number of nitrogen functional groups attached to an aromatic ring is 1. The molecule has 19 heavy (non-hydrogen) atoms. The average molecular weight is 255 g/mol. The molecule has 0 amide bonds. The molecule has 0 saturated heterocycles. The van der Waals surface area contributed by atoms with Crippen molar-refractivity contribution < 1.29 is 0 Å². The van der Waals surface area contributed by atoms with E-state index in [2.05, 4.69) is 53.9 Å². The number of nitrogens with one attached hydrogen (secondary N) is 1. The predicted octanol–water partition coefficient (Wildman–Crippen LogP) is 2.67. The third kappa shape index (κ3) is 1.87. The van der Waals surface area contributed by atoms with Gasteiger partial charge in [-0.25, -0.2) is 4.98 Å². The maximum atomic E-state index is 5.63. The lowest BCUT2D eigenvalue weighted by Gasteiger charge is -2.04. The lowest BCUT2D eigenvalue weighted by molar-refractivity contribution is 0.722. The van der Waals surface area contributed by atoms with E-state index in [9.17, 15) is 0 Å². The third-order valence-electron chi connectivity index (χ3n) is 3.34. The van der Waals surface area contributed by atoms with E-state index in [0.717, 1.165) is 28.1 Å². The number of benzene rings is 1. The molecule has 2 aromatic heterocycles. The second-order valence-corrected chi connectivity index (χ2v) is 5.09. The zero-order valence-electron chi connectivity index (χ0n) is 11.3. The number of aromatic nitrogens is 4. The van der Waals surface area contributed by atoms with Gasteiger partial charge in [-0.3, -0.25) is 5.10 Å². The molecule has 0 spiro atoms. The van der Waals surface area contributed by atoms with E-state index >= 15 is 0 Å². The number of rotatable bonds is 2. The Morgan fingerprint density at radius 2 is 2.05 bits per heavy atom. The van der Waals surface area contributed by atoms with Crippen LogP contribution in [0.1, 0.15) is 25.6 Å². The van der Waals surface area contributed by atoms with E-state index < -0.39 is 0 Å². The van der Waals surface area contributed by atoms with Gasteiger partial charge in [0.25, 0.3) is 0 Å². The fourth-order valence-electron chi connectivity index (χ4n) is 2.39. The molecular formula is C14H17N5. The highest BCUT2D eigenvalue weighted by Crippen LogP contribution is 2.26. The summed E-state index contributed by atoms with van der Waals surface area (Å²) in [5.74, 6) is 2.00. The molecule has 0 aliphatic heterocycles. The van der Waals surface area contributed by atoms with Gasteiger partial charge in [-0.15, -0.1) is 0 Å². The van der Waals surface area contributed by atoms with Gasteiger partial charge in [-0.1, -0.05) is 19.9 Å². The van der Waals surface area contributed by atoms with Crippen LogP contribution in [0.2, 0.25) is 0 Å². The first-order chi connectivity index (χ1) is 9.06. The van der Waals surface area contributed by atoms with Crippen LogP contribution in [-0.2, 0) is 7.05 Å². The van der Waals surface area contributed by atoms with Gasteiger partial charge in [0.05, 0.1) is 16.7 Å². The van der Waals surface area contributed by atoms with Gasteiger partial charge in [0, 0.05) is 24.6 Å². The molecule has 3 aromatic rings. The topological polar surface area (TPSA) is 72.5 Å². The van der Waals surface area contributed by atoms with Crippen LogP contribution in [0.15, 0.2) is 24.3 Å². The van der Waals surface area contributed by atoms with Crippen molar-refractivity contribution in [2.45, 2.75) is 19.8 Å². The summed E-state index contributed by atoms with van der Waals surface area (Å²) in [5.41, 5.74) is 9.73. The molecule has 98 valence electrons. The minimum atomic E-state index is 0.406. The number of hydrogen-bond acceptors (Lipinski definition) is 3. The van der Waals surface area contributed by atoms with Crippen molar-refractivity contribution in [2.24, 2.45) is 7.05 Å². The Hall–Kier alpha value is -2.30. The standard InChI is InChI=1S/C14H17N5/c1-8(2)14-16-11-6-9(4-5-12(11)19(14)3)10-7-13(15)18-17-10/h4-8H,1-3H3,(H3,15,17,18). The zero-order chi connectivity index (χ0) is 13.6. The molecule has 0 bridgehead atoms. The van der Waals surface area contributed by atoms with Crippen LogP contribution >= 0.6 is 0 Å². The summed E-state index contributed by atoms with van der Waals surface area (Å²) in [6, 6.07) is 8.03. The van der Waals surface area contributed by atoms with E-state index in [4.69, 9.17) is 10.7 Å². The number of hydrogen-bond donors (Lipinski definition) is 2. The highest BCUT2D eigenvalue weighted by atomic mass is 15.2. The molecule has 3 N–H and O–H groups in total. The van der Waals surface area contributed by atoms with Crippen LogP contribution in [0.3, 0.4) is 0 Å². The van der Waals surface area contributed by atoms with E-state index in [0.29, 0.717) is 11.7 Å². The van der Waals surface area contributed by atoms with E-state index in [1.54, 1.807) is 0 Å². The quantitative estimate of drug-likeness (QED) is 0.739. The zero-order valence-corrected chi connectivity index (χ0v) is 11.3. The van der Waals surface area contributed by atoms with Gasteiger partial charge in [0.15, 0.2) is 0 Å². The maximum Gasteiger partial charge on any atom is 0.145 e. The second-order valence-electron chi connectivity index (χ2n) is 5.09. The summed E-state index contributed by atoms with van der Waals surface area (Å²) in [4.78, 5) is 4.70. The molecule has 0 aliphatic rings. The number of fused-ring (bicyclic) bond motifs is 1. The van der Waals surface area contributed by atoms with Crippen molar-refractivity contribution in [1.82, 2.24) is 19.7 Å².